The number of para-hydroxylation sites is 1. The third-order valence-corrected chi connectivity index (χ3v) is 4.52. The van der Waals surface area contributed by atoms with Crippen molar-refractivity contribution in [3.8, 4) is 5.75 Å². The van der Waals surface area contributed by atoms with Crippen LogP contribution < -0.4 is 10.1 Å². The van der Waals surface area contributed by atoms with Gasteiger partial charge >= 0.3 is 0 Å². The number of hydrogen-bond acceptors (Lipinski definition) is 4. The van der Waals surface area contributed by atoms with E-state index >= 15 is 0 Å². The van der Waals surface area contributed by atoms with E-state index < -0.39 is 0 Å². The highest BCUT2D eigenvalue weighted by atomic mass is 16.5. The van der Waals surface area contributed by atoms with Crippen LogP contribution in [0.25, 0.3) is 23.1 Å². The normalized spacial score (nSPS) is 11.0. The number of rotatable bonds is 6. The zero-order chi connectivity index (χ0) is 19.2. The topological polar surface area (TPSA) is 47.0 Å². The van der Waals surface area contributed by atoms with Gasteiger partial charge in [0.2, 0.25) is 0 Å². The number of nitrogens with zero attached hydrogens (tertiary/aromatic N) is 2. The van der Waals surface area contributed by atoms with Crippen molar-refractivity contribution in [2.24, 2.45) is 0 Å². The Labute approximate surface area is 164 Å². The molecular weight excluding hydrogens is 346 g/mol. The molecule has 2 aromatic heterocycles. The van der Waals surface area contributed by atoms with Crippen molar-refractivity contribution in [1.29, 1.82) is 0 Å². The van der Waals surface area contributed by atoms with E-state index in [-0.39, 0.29) is 0 Å². The molecule has 0 amide bonds. The number of methoxy groups -OCH3 is 1. The summed E-state index contributed by atoms with van der Waals surface area (Å²) < 4.78 is 5.40. The largest absolute Gasteiger partial charge is 0.496 e. The third kappa shape index (κ3) is 4.18. The first-order valence-corrected chi connectivity index (χ1v) is 9.16. The van der Waals surface area contributed by atoms with Crippen molar-refractivity contribution in [2.75, 3.05) is 12.4 Å². The van der Waals surface area contributed by atoms with Crippen LogP contribution in [0.2, 0.25) is 0 Å². The number of benzene rings is 2. The molecule has 4 heteroatoms. The zero-order valence-corrected chi connectivity index (χ0v) is 15.7. The minimum absolute atomic E-state index is 0.661. The first-order valence-electron chi connectivity index (χ1n) is 9.16. The Hall–Kier alpha value is -3.66. The van der Waals surface area contributed by atoms with Gasteiger partial charge in [0, 0.05) is 29.9 Å². The van der Waals surface area contributed by atoms with Gasteiger partial charge in [-0.15, -0.1) is 0 Å². The summed E-state index contributed by atoms with van der Waals surface area (Å²) in [4.78, 5) is 8.85. The van der Waals surface area contributed by atoms with Crippen LogP contribution in [0, 0.1) is 0 Å². The molecule has 0 bridgehead atoms. The molecule has 28 heavy (non-hydrogen) atoms. The van der Waals surface area contributed by atoms with Gasteiger partial charge in [0.25, 0.3) is 0 Å². The molecule has 0 aliphatic heterocycles. The maximum atomic E-state index is 5.40. The van der Waals surface area contributed by atoms with Gasteiger partial charge in [-0.25, -0.2) is 4.98 Å². The van der Waals surface area contributed by atoms with Crippen LogP contribution in [0.3, 0.4) is 0 Å². The third-order valence-electron chi connectivity index (χ3n) is 4.52. The van der Waals surface area contributed by atoms with Crippen LogP contribution in [0.1, 0.15) is 16.7 Å². The van der Waals surface area contributed by atoms with E-state index in [1.165, 1.54) is 0 Å². The Morgan fingerprint density at radius 1 is 0.929 bits per heavy atom. The maximum absolute atomic E-state index is 5.40. The quantitative estimate of drug-likeness (QED) is 0.494. The van der Waals surface area contributed by atoms with E-state index in [0.717, 1.165) is 39.2 Å². The summed E-state index contributed by atoms with van der Waals surface area (Å²) in [5.41, 5.74) is 4.27. The molecule has 0 saturated heterocycles. The van der Waals surface area contributed by atoms with Crippen LogP contribution in [0.5, 0.6) is 5.75 Å². The molecule has 0 aliphatic rings. The van der Waals surface area contributed by atoms with Gasteiger partial charge in [0.15, 0.2) is 0 Å². The number of anilines is 1. The lowest BCUT2D eigenvalue weighted by atomic mass is 10.1. The van der Waals surface area contributed by atoms with E-state index in [0.29, 0.717) is 6.54 Å². The molecule has 0 radical (unpaired) electrons. The molecule has 0 atom stereocenters. The van der Waals surface area contributed by atoms with Gasteiger partial charge in [-0.2, -0.15) is 0 Å². The fourth-order valence-corrected chi connectivity index (χ4v) is 3.05. The van der Waals surface area contributed by atoms with Crippen molar-refractivity contribution in [3.63, 3.8) is 0 Å². The molecular formula is C24H21N3O. The summed E-state index contributed by atoms with van der Waals surface area (Å²) >= 11 is 0. The molecule has 0 aliphatic carbocycles. The van der Waals surface area contributed by atoms with Gasteiger partial charge in [-0.05, 0) is 47.5 Å². The molecule has 2 aromatic carbocycles. The fraction of sp³-hybridized carbons (Fsp3) is 0.0833. The van der Waals surface area contributed by atoms with Crippen LogP contribution >= 0.6 is 0 Å². The van der Waals surface area contributed by atoms with Crippen molar-refractivity contribution in [2.45, 2.75) is 6.54 Å². The molecule has 2 heterocycles. The summed E-state index contributed by atoms with van der Waals surface area (Å²) in [6.07, 6.45) is 7.77. The number of ether oxygens (including phenoxy) is 1. The molecule has 0 saturated carbocycles. The second-order valence-electron chi connectivity index (χ2n) is 6.43. The smallest absolute Gasteiger partial charge is 0.126 e. The Morgan fingerprint density at radius 2 is 1.82 bits per heavy atom. The summed E-state index contributed by atoms with van der Waals surface area (Å²) in [5.74, 6) is 1.72. The lowest BCUT2D eigenvalue weighted by Crippen LogP contribution is -2.03. The number of aromatic nitrogens is 2. The standard InChI is InChI=1S/C24H21N3O/c1-28-23-7-3-2-6-21(23)17-26-24-13-11-20-15-18(10-12-22(20)27-24)8-9-19-5-4-14-25-16-19/h2-16H,17H2,1H3,(H,26,27)/b9-8+. The highest BCUT2D eigenvalue weighted by Crippen LogP contribution is 2.21. The second-order valence-corrected chi connectivity index (χ2v) is 6.43. The number of hydrogen-bond donors (Lipinski definition) is 1. The minimum atomic E-state index is 0.661. The predicted molar refractivity (Wildman–Crippen MR) is 115 cm³/mol. The number of nitrogens with one attached hydrogen (secondary N) is 1. The maximum Gasteiger partial charge on any atom is 0.126 e. The summed E-state index contributed by atoms with van der Waals surface area (Å²) in [6, 6.07) is 22.3. The van der Waals surface area contributed by atoms with E-state index in [9.17, 15) is 0 Å². The zero-order valence-electron chi connectivity index (χ0n) is 15.7. The SMILES string of the molecule is COc1ccccc1CNc1ccc2cc(/C=C/c3cccnc3)ccc2n1. The van der Waals surface area contributed by atoms with E-state index in [1.807, 2.05) is 54.7 Å². The highest BCUT2D eigenvalue weighted by molar-refractivity contribution is 5.84. The number of fused-ring (bicyclic) bond motifs is 1. The molecule has 138 valence electrons. The Kier molecular flexibility index (Phi) is 5.29. The van der Waals surface area contributed by atoms with Crippen molar-refractivity contribution in [3.05, 3.63) is 95.8 Å². The highest BCUT2D eigenvalue weighted by Gasteiger charge is 2.03. The molecule has 4 aromatic rings. The molecule has 4 nitrogen and oxygen atoms in total. The van der Waals surface area contributed by atoms with Crippen molar-refractivity contribution >= 4 is 28.9 Å². The van der Waals surface area contributed by atoms with Crippen LogP contribution in [-0.2, 0) is 6.54 Å². The molecule has 0 spiro atoms. The van der Waals surface area contributed by atoms with Crippen LogP contribution in [0.4, 0.5) is 5.82 Å². The van der Waals surface area contributed by atoms with Gasteiger partial charge in [0.05, 0.1) is 12.6 Å². The first-order chi connectivity index (χ1) is 13.8. The predicted octanol–water partition coefficient (Wildman–Crippen LogP) is 5.42. The molecule has 0 unspecified atom stereocenters. The van der Waals surface area contributed by atoms with E-state index in [4.69, 9.17) is 9.72 Å². The fourth-order valence-electron chi connectivity index (χ4n) is 3.05. The molecule has 4 rings (SSSR count). The minimum Gasteiger partial charge on any atom is -0.496 e. The van der Waals surface area contributed by atoms with Crippen molar-refractivity contribution < 1.29 is 4.74 Å². The van der Waals surface area contributed by atoms with Gasteiger partial charge in [0.1, 0.15) is 11.6 Å². The lowest BCUT2D eigenvalue weighted by Gasteiger charge is -2.10. The van der Waals surface area contributed by atoms with E-state index in [2.05, 4.69) is 40.7 Å². The average molecular weight is 367 g/mol. The molecule has 0 fully saturated rings. The molecule has 1 N–H and O–H groups in total. The Morgan fingerprint density at radius 3 is 2.68 bits per heavy atom. The lowest BCUT2D eigenvalue weighted by molar-refractivity contribution is 0.410. The van der Waals surface area contributed by atoms with Gasteiger partial charge < -0.3 is 10.1 Å². The van der Waals surface area contributed by atoms with Crippen LogP contribution in [-0.4, -0.2) is 17.1 Å². The second kappa shape index (κ2) is 8.35. The monoisotopic (exact) mass is 367 g/mol. The van der Waals surface area contributed by atoms with Crippen molar-refractivity contribution in [1.82, 2.24) is 9.97 Å². The van der Waals surface area contributed by atoms with Gasteiger partial charge in [-0.1, -0.05) is 42.5 Å². The van der Waals surface area contributed by atoms with Crippen LogP contribution in [0.15, 0.2) is 79.1 Å². The first kappa shape index (κ1) is 17.7. The Bertz CT molecular complexity index is 1110. The Balaban J connectivity index is 1.49. The van der Waals surface area contributed by atoms with E-state index in [1.54, 1.807) is 13.3 Å². The summed E-state index contributed by atoms with van der Waals surface area (Å²) in [7, 11) is 1.69. The summed E-state index contributed by atoms with van der Waals surface area (Å²) in [5, 5.41) is 4.48. The van der Waals surface area contributed by atoms with Gasteiger partial charge in [-0.3, -0.25) is 4.98 Å². The average Bonchev–Trinajstić information content (AvgIpc) is 2.77. The summed E-state index contributed by atoms with van der Waals surface area (Å²) in [6.45, 7) is 0.661. The number of pyridine rings is 2.